The summed E-state index contributed by atoms with van der Waals surface area (Å²) in [7, 11) is 0. The van der Waals surface area contributed by atoms with Crippen LogP contribution in [0.15, 0.2) is 53.3 Å². The molecular formula is C21H21N5O3. The van der Waals surface area contributed by atoms with Crippen LogP contribution in [-0.2, 0) is 11.3 Å². The molecule has 29 heavy (non-hydrogen) atoms. The fourth-order valence-corrected chi connectivity index (χ4v) is 3.48. The van der Waals surface area contributed by atoms with Crippen molar-refractivity contribution in [3.8, 4) is 0 Å². The number of anilines is 1. The third-order valence-corrected chi connectivity index (χ3v) is 5.19. The van der Waals surface area contributed by atoms with Gasteiger partial charge in [0.25, 0.3) is 5.56 Å². The largest absolute Gasteiger partial charge is 0.368 e. The summed E-state index contributed by atoms with van der Waals surface area (Å²) in [6.45, 7) is 3.91. The van der Waals surface area contributed by atoms with E-state index in [4.69, 9.17) is 0 Å². The van der Waals surface area contributed by atoms with Crippen LogP contribution in [-0.4, -0.2) is 57.8 Å². The predicted octanol–water partition coefficient (Wildman–Crippen LogP) is 1.34. The molecule has 8 nitrogen and oxygen atoms in total. The van der Waals surface area contributed by atoms with Gasteiger partial charge >= 0.3 is 0 Å². The molecule has 0 saturated carbocycles. The molecule has 1 aromatic heterocycles. The van der Waals surface area contributed by atoms with Crippen LogP contribution in [0.1, 0.15) is 17.3 Å². The van der Waals surface area contributed by atoms with E-state index < -0.39 is 0 Å². The SMILES string of the molecule is CC(=O)c1ccc(N2CCN(C(=O)Cn3nnc4ccccc4c3=O)CC2)cc1. The van der Waals surface area contributed by atoms with Crippen LogP contribution >= 0.6 is 0 Å². The van der Waals surface area contributed by atoms with Crippen molar-refractivity contribution in [1.29, 1.82) is 0 Å². The average Bonchev–Trinajstić information content (AvgIpc) is 2.76. The van der Waals surface area contributed by atoms with Crippen LogP contribution in [0.25, 0.3) is 10.9 Å². The van der Waals surface area contributed by atoms with Crippen LogP contribution in [0.5, 0.6) is 0 Å². The highest BCUT2D eigenvalue weighted by atomic mass is 16.2. The Bertz CT molecular complexity index is 1120. The minimum Gasteiger partial charge on any atom is -0.368 e. The molecule has 0 aliphatic carbocycles. The Labute approximate surface area is 167 Å². The van der Waals surface area contributed by atoms with Gasteiger partial charge in [0.2, 0.25) is 5.91 Å². The first kappa shape index (κ1) is 18.8. The van der Waals surface area contributed by atoms with Crippen molar-refractivity contribution < 1.29 is 9.59 Å². The van der Waals surface area contributed by atoms with Gasteiger partial charge < -0.3 is 9.80 Å². The molecule has 1 aliphatic heterocycles. The quantitative estimate of drug-likeness (QED) is 0.624. The number of aromatic nitrogens is 3. The summed E-state index contributed by atoms with van der Waals surface area (Å²) in [6, 6.07) is 14.5. The molecule has 0 N–H and O–H groups in total. The van der Waals surface area contributed by atoms with E-state index in [0.717, 1.165) is 10.4 Å². The number of amides is 1. The Morgan fingerprint density at radius 2 is 1.66 bits per heavy atom. The third kappa shape index (κ3) is 3.87. The molecule has 8 heteroatoms. The van der Waals surface area contributed by atoms with Gasteiger partial charge in [0.15, 0.2) is 5.78 Å². The van der Waals surface area contributed by atoms with E-state index in [1.165, 1.54) is 0 Å². The number of hydrogen-bond donors (Lipinski definition) is 0. The van der Waals surface area contributed by atoms with Crippen LogP contribution in [0, 0.1) is 0 Å². The maximum Gasteiger partial charge on any atom is 0.278 e. The number of hydrogen-bond acceptors (Lipinski definition) is 6. The number of nitrogens with zero attached hydrogens (tertiary/aromatic N) is 5. The average molecular weight is 391 g/mol. The molecule has 1 fully saturated rings. The van der Waals surface area contributed by atoms with Crippen molar-refractivity contribution in [2.45, 2.75) is 13.5 Å². The first-order chi connectivity index (χ1) is 14.0. The Hall–Kier alpha value is -3.55. The molecule has 2 aromatic carbocycles. The topological polar surface area (TPSA) is 88.4 Å². The van der Waals surface area contributed by atoms with Crippen molar-refractivity contribution >= 4 is 28.3 Å². The first-order valence-corrected chi connectivity index (χ1v) is 9.49. The lowest BCUT2D eigenvalue weighted by molar-refractivity contribution is -0.132. The van der Waals surface area contributed by atoms with Gasteiger partial charge in [0, 0.05) is 37.4 Å². The highest BCUT2D eigenvalue weighted by Crippen LogP contribution is 2.18. The number of carbonyl (C=O) groups is 2. The van der Waals surface area contributed by atoms with Crippen molar-refractivity contribution in [3.05, 3.63) is 64.4 Å². The first-order valence-electron chi connectivity index (χ1n) is 9.49. The molecule has 0 bridgehead atoms. The third-order valence-electron chi connectivity index (χ3n) is 5.19. The summed E-state index contributed by atoms with van der Waals surface area (Å²) in [5.74, 6) is -0.109. The Kier molecular flexibility index (Phi) is 5.07. The molecule has 0 atom stereocenters. The maximum atomic E-state index is 12.7. The second-order valence-electron chi connectivity index (χ2n) is 7.04. The minimum atomic E-state index is -0.312. The van der Waals surface area contributed by atoms with E-state index >= 15 is 0 Å². The zero-order chi connectivity index (χ0) is 20.4. The molecule has 1 aliphatic rings. The summed E-state index contributed by atoms with van der Waals surface area (Å²) in [4.78, 5) is 40.5. The van der Waals surface area contributed by atoms with E-state index in [0.29, 0.717) is 42.6 Å². The van der Waals surface area contributed by atoms with Crippen molar-refractivity contribution in [3.63, 3.8) is 0 Å². The molecule has 0 unspecified atom stereocenters. The van der Waals surface area contributed by atoms with Gasteiger partial charge in [-0.15, -0.1) is 5.10 Å². The van der Waals surface area contributed by atoms with Gasteiger partial charge in [0.1, 0.15) is 12.1 Å². The molecule has 1 amide bonds. The number of rotatable bonds is 4. The molecule has 1 saturated heterocycles. The summed E-state index contributed by atoms with van der Waals surface area (Å²) < 4.78 is 1.12. The van der Waals surface area contributed by atoms with E-state index in [9.17, 15) is 14.4 Å². The minimum absolute atomic E-state index is 0.0407. The molecule has 3 aromatic rings. The number of carbonyl (C=O) groups excluding carboxylic acids is 2. The second-order valence-corrected chi connectivity index (χ2v) is 7.04. The van der Waals surface area contributed by atoms with Gasteiger partial charge in [-0.1, -0.05) is 17.3 Å². The van der Waals surface area contributed by atoms with E-state index in [1.54, 1.807) is 36.1 Å². The fourth-order valence-electron chi connectivity index (χ4n) is 3.48. The van der Waals surface area contributed by atoms with Crippen molar-refractivity contribution in [2.24, 2.45) is 0 Å². The molecular weight excluding hydrogens is 370 g/mol. The van der Waals surface area contributed by atoms with Gasteiger partial charge in [-0.05, 0) is 43.3 Å². The molecule has 4 rings (SSSR count). The van der Waals surface area contributed by atoms with Gasteiger partial charge in [0.05, 0.1) is 5.39 Å². The molecule has 2 heterocycles. The highest BCUT2D eigenvalue weighted by Gasteiger charge is 2.22. The summed E-state index contributed by atoms with van der Waals surface area (Å²) in [5, 5.41) is 8.37. The van der Waals surface area contributed by atoms with Crippen LogP contribution in [0.4, 0.5) is 5.69 Å². The Morgan fingerprint density at radius 3 is 2.34 bits per heavy atom. The van der Waals surface area contributed by atoms with Crippen molar-refractivity contribution in [1.82, 2.24) is 19.9 Å². The standard InChI is InChI=1S/C21H21N5O3/c1-15(27)16-6-8-17(9-7-16)24-10-12-25(13-11-24)20(28)14-26-21(29)18-4-2-3-5-19(18)22-23-26/h2-9H,10-14H2,1H3. The number of fused-ring (bicyclic) bond motifs is 1. The predicted molar refractivity (Wildman–Crippen MR) is 109 cm³/mol. The number of Topliss-reactive ketones (excluding diaryl/α,β-unsaturated/α-hetero) is 1. The van der Waals surface area contributed by atoms with Gasteiger partial charge in [-0.25, -0.2) is 4.68 Å². The smallest absolute Gasteiger partial charge is 0.278 e. The number of benzene rings is 2. The summed E-state index contributed by atoms with van der Waals surface area (Å²) in [6.07, 6.45) is 0. The molecule has 0 spiro atoms. The zero-order valence-electron chi connectivity index (χ0n) is 16.1. The number of ketones is 1. The monoisotopic (exact) mass is 391 g/mol. The van der Waals surface area contributed by atoms with Crippen LogP contribution in [0.2, 0.25) is 0 Å². The van der Waals surface area contributed by atoms with E-state index in [1.807, 2.05) is 24.3 Å². The Morgan fingerprint density at radius 1 is 0.966 bits per heavy atom. The molecule has 148 valence electrons. The lowest BCUT2D eigenvalue weighted by Crippen LogP contribution is -2.50. The molecule has 0 radical (unpaired) electrons. The number of piperazine rings is 1. The van der Waals surface area contributed by atoms with Gasteiger partial charge in [-0.3, -0.25) is 14.4 Å². The van der Waals surface area contributed by atoms with E-state index in [2.05, 4.69) is 15.2 Å². The lowest BCUT2D eigenvalue weighted by Gasteiger charge is -2.36. The Balaban J connectivity index is 1.40. The zero-order valence-corrected chi connectivity index (χ0v) is 16.1. The summed E-state index contributed by atoms with van der Waals surface area (Å²) >= 11 is 0. The lowest BCUT2D eigenvalue weighted by atomic mass is 10.1. The van der Waals surface area contributed by atoms with E-state index in [-0.39, 0.29) is 23.8 Å². The van der Waals surface area contributed by atoms with Gasteiger partial charge in [-0.2, -0.15) is 0 Å². The van der Waals surface area contributed by atoms with Crippen LogP contribution in [0.3, 0.4) is 0 Å². The van der Waals surface area contributed by atoms with Crippen molar-refractivity contribution in [2.75, 3.05) is 31.1 Å². The fraction of sp³-hybridized carbons (Fsp3) is 0.286. The highest BCUT2D eigenvalue weighted by molar-refractivity contribution is 5.94. The normalized spacial score (nSPS) is 14.2. The maximum absolute atomic E-state index is 12.7. The van der Waals surface area contributed by atoms with Crippen LogP contribution < -0.4 is 10.5 Å². The second kappa shape index (κ2) is 7.83. The summed E-state index contributed by atoms with van der Waals surface area (Å²) in [5.41, 5.74) is 1.92.